The molecule has 6 heteroatoms. The number of rotatable bonds is 4. The minimum Gasteiger partial charge on any atom is -0.447 e. The minimum absolute atomic E-state index is 0.143. The van der Waals surface area contributed by atoms with E-state index in [4.69, 9.17) is 4.74 Å². The monoisotopic (exact) mass is 367 g/mol. The molecule has 142 valence electrons. The zero-order chi connectivity index (χ0) is 19.4. The second kappa shape index (κ2) is 7.70. The van der Waals surface area contributed by atoms with Gasteiger partial charge in [0, 0.05) is 11.4 Å². The molecule has 3 rings (SSSR count). The van der Waals surface area contributed by atoms with Gasteiger partial charge in [0.15, 0.2) is 0 Å². The van der Waals surface area contributed by atoms with Crippen LogP contribution in [0.15, 0.2) is 54.6 Å². The number of carbonyl (C=O) groups excluding carboxylic acids is 2. The molecule has 2 N–H and O–H groups in total. The first kappa shape index (κ1) is 18.8. The molecule has 1 atom stereocenters. The fraction of sp³-hybridized carbons (Fsp3) is 0.333. The van der Waals surface area contributed by atoms with Crippen molar-refractivity contribution in [3.63, 3.8) is 0 Å². The van der Waals surface area contributed by atoms with Crippen LogP contribution in [0.5, 0.6) is 0 Å². The largest absolute Gasteiger partial charge is 0.447 e. The summed E-state index contributed by atoms with van der Waals surface area (Å²) in [6.45, 7) is 7.15. The van der Waals surface area contributed by atoms with Gasteiger partial charge in [-0.3, -0.25) is 4.90 Å². The highest BCUT2D eigenvalue weighted by molar-refractivity contribution is 5.93. The van der Waals surface area contributed by atoms with Gasteiger partial charge in [-0.05, 0) is 29.2 Å². The topological polar surface area (TPSA) is 70.7 Å². The van der Waals surface area contributed by atoms with Crippen molar-refractivity contribution >= 4 is 23.5 Å². The second-order valence-corrected chi connectivity index (χ2v) is 7.62. The molecule has 1 saturated heterocycles. The van der Waals surface area contributed by atoms with Crippen LogP contribution in [0.1, 0.15) is 32.4 Å². The predicted octanol–water partition coefficient (Wildman–Crippen LogP) is 4.55. The van der Waals surface area contributed by atoms with Crippen molar-refractivity contribution in [2.45, 2.75) is 26.8 Å². The summed E-state index contributed by atoms with van der Waals surface area (Å²) in [6.07, 6.45) is -0.367. The fourth-order valence-electron chi connectivity index (χ4n) is 3.12. The zero-order valence-corrected chi connectivity index (χ0v) is 15.9. The maximum Gasteiger partial charge on any atom is 0.414 e. The number of ether oxygens (including phenoxy) is 1. The number of cyclic esters (lactones) is 1. The summed E-state index contributed by atoms with van der Waals surface area (Å²) < 4.78 is 4.97. The Kier molecular flexibility index (Phi) is 5.35. The third kappa shape index (κ3) is 4.58. The van der Waals surface area contributed by atoms with Crippen molar-refractivity contribution in [1.29, 1.82) is 0 Å². The van der Waals surface area contributed by atoms with E-state index < -0.39 is 0 Å². The molecule has 0 radical (unpaired) electrons. The van der Waals surface area contributed by atoms with Crippen LogP contribution in [-0.4, -0.2) is 25.3 Å². The number of hydrogen-bond donors (Lipinski definition) is 2. The average molecular weight is 367 g/mol. The molecule has 0 spiro atoms. The molecule has 0 aromatic heterocycles. The van der Waals surface area contributed by atoms with E-state index in [1.54, 1.807) is 23.1 Å². The normalized spacial score (nSPS) is 15.2. The Morgan fingerprint density at radius 2 is 1.85 bits per heavy atom. The Hall–Kier alpha value is -3.02. The lowest BCUT2D eigenvalue weighted by Crippen LogP contribution is -2.39. The van der Waals surface area contributed by atoms with E-state index in [1.807, 2.05) is 36.4 Å². The van der Waals surface area contributed by atoms with Gasteiger partial charge in [0.1, 0.15) is 6.61 Å². The molecule has 1 unspecified atom stereocenters. The summed E-state index contributed by atoms with van der Waals surface area (Å²) in [5, 5.41) is 5.93. The number of hydrogen-bond acceptors (Lipinski definition) is 3. The van der Waals surface area contributed by atoms with Crippen LogP contribution in [0, 0.1) is 5.41 Å². The smallest absolute Gasteiger partial charge is 0.414 e. The second-order valence-electron chi connectivity index (χ2n) is 7.62. The van der Waals surface area contributed by atoms with Gasteiger partial charge in [-0.15, -0.1) is 0 Å². The number of anilines is 2. The average Bonchev–Trinajstić information content (AvgIpc) is 3.06. The van der Waals surface area contributed by atoms with Gasteiger partial charge in [-0.1, -0.05) is 57.2 Å². The van der Waals surface area contributed by atoms with Crippen molar-refractivity contribution in [2.75, 3.05) is 23.4 Å². The first-order chi connectivity index (χ1) is 12.8. The van der Waals surface area contributed by atoms with E-state index in [-0.39, 0.29) is 23.6 Å². The summed E-state index contributed by atoms with van der Waals surface area (Å²) in [6, 6.07) is 16.6. The molecule has 6 nitrogen and oxygen atoms in total. The highest BCUT2D eigenvalue weighted by Gasteiger charge is 2.28. The Morgan fingerprint density at radius 1 is 1.11 bits per heavy atom. The van der Waals surface area contributed by atoms with Crippen molar-refractivity contribution in [3.8, 4) is 0 Å². The molecule has 3 amide bonds. The van der Waals surface area contributed by atoms with E-state index in [0.717, 1.165) is 5.56 Å². The van der Waals surface area contributed by atoms with Crippen molar-refractivity contribution in [1.82, 2.24) is 5.32 Å². The van der Waals surface area contributed by atoms with Crippen LogP contribution in [-0.2, 0) is 4.74 Å². The lowest BCUT2D eigenvalue weighted by Gasteiger charge is -2.32. The molecule has 2 aromatic rings. The fourth-order valence-corrected chi connectivity index (χ4v) is 3.12. The van der Waals surface area contributed by atoms with Gasteiger partial charge >= 0.3 is 12.1 Å². The van der Waals surface area contributed by atoms with Crippen LogP contribution < -0.4 is 15.5 Å². The van der Waals surface area contributed by atoms with Crippen molar-refractivity contribution in [3.05, 3.63) is 60.2 Å². The Balaban J connectivity index is 1.72. The maximum atomic E-state index is 12.6. The molecular formula is C21H25N3O3. The van der Waals surface area contributed by atoms with Crippen molar-refractivity contribution in [2.24, 2.45) is 5.41 Å². The van der Waals surface area contributed by atoms with Gasteiger partial charge < -0.3 is 15.4 Å². The summed E-state index contributed by atoms with van der Waals surface area (Å²) in [4.78, 5) is 25.9. The summed E-state index contributed by atoms with van der Waals surface area (Å²) in [7, 11) is 0. The van der Waals surface area contributed by atoms with E-state index in [9.17, 15) is 9.59 Å². The highest BCUT2D eigenvalue weighted by atomic mass is 16.6. The summed E-state index contributed by atoms with van der Waals surface area (Å²) >= 11 is 0. The predicted molar refractivity (Wildman–Crippen MR) is 106 cm³/mol. The van der Waals surface area contributed by atoms with Gasteiger partial charge in [-0.25, -0.2) is 9.59 Å². The summed E-state index contributed by atoms with van der Waals surface area (Å²) in [5.41, 5.74) is 2.21. The molecular weight excluding hydrogens is 342 g/mol. The maximum absolute atomic E-state index is 12.6. The molecule has 1 aliphatic heterocycles. The quantitative estimate of drug-likeness (QED) is 0.833. The van der Waals surface area contributed by atoms with E-state index in [0.29, 0.717) is 24.5 Å². The number of urea groups is 1. The van der Waals surface area contributed by atoms with E-state index in [2.05, 4.69) is 31.4 Å². The molecule has 1 aliphatic rings. The lowest BCUT2D eigenvalue weighted by atomic mass is 9.82. The molecule has 27 heavy (non-hydrogen) atoms. The number of carbonyl (C=O) groups is 2. The van der Waals surface area contributed by atoms with Gasteiger partial charge in [0.05, 0.1) is 12.6 Å². The third-order valence-corrected chi connectivity index (χ3v) is 4.45. The molecule has 2 aromatic carbocycles. The summed E-state index contributed by atoms with van der Waals surface area (Å²) in [5.74, 6) is 0. The molecule has 0 bridgehead atoms. The van der Waals surface area contributed by atoms with Crippen molar-refractivity contribution < 1.29 is 14.3 Å². The Labute approximate surface area is 159 Å². The van der Waals surface area contributed by atoms with Crippen LogP contribution in [0.25, 0.3) is 0 Å². The number of amides is 3. The first-order valence-electron chi connectivity index (χ1n) is 9.01. The lowest BCUT2D eigenvalue weighted by molar-refractivity contribution is 0.181. The van der Waals surface area contributed by atoms with E-state index >= 15 is 0 Å². The zero-order valence-electron chi connectivity index (χ0n) is 15.9. The molecule has 1 fully saturated rings. The molecule has 0 saturated carbocycles. The Bertz CT molecular complexity index is 815. The standard InChI is InChI=1S/C21H25N3O3/c1-21(2,3)18(15-8-5-4-6-9-15)23-19(25)22-16-10-7-11-17(14-16)24-12-13-27-20(24)26/h4-11,14,18H,12-13H2,1-3H3,(H2,22,23,25). The number of nitrogens with one attached hydrogen (secondary N) is 2. The number of nitrogens with zero attached hydrogens (tertiary/aromatic N) is 1. The molecule has 1 heterocycles. The third-order valence-electron chi connectivity index (χ3n) is 4.45. The van der Waals surface area contributed by atoms with Gasteiger partial charge in [0.2, 0.25) is 0 Å². The van der Waals surface area contributed by atoms with Gasteiger partial charge in [-0.2, -0.15) is 0 Å². The molecule has 0 aliphatic carbocycles. The van der Waals surface area contributed by atoms with Crippen LogP contribution in [0.2, 0.25) is 0 Å². The van der Waals surface area contributed by atoms with Gasteiger partial charge in [0.25, 0.3) is 0 Å². The SMILES string of the molecule is CC(C)(C)C(NC(=O)Nc1cccc(N2CCOC2=O)c1)c1ccccc1. The first-order valence-corrected chi connectivity index (χ1v) is 9.01. The highest BCUT2D eigenvalue weighted by Crippen LogP contribution is 2.32. The van der Waals surface area contributed by atoms with Crippen LogP contribution in [0.4, 0.5) is 21.0 Å². The Morgan fingerprint density at radius 3 is 2.48 bits per heavy atom. The minimum atomic E-state index is -0.367. The van der Waals surface area contributed by atoms with Crippen LogP contribution in [0.3, 0.4) is 0 Å². The number of benzene rings is 2. The van der Waals surface area contributed by atoms with E-state index in [1.165, 1.54) is 0 Å². The van der Waals surface area contributed by atoms with Crippen LogP contribution >= 0.6 is 0 Å².